The molecule has 3 rings (SSSR count). The number of nitrogens with one attached hydrogen (secondary N) is 1. The van der Waals surface area contributed by atoms with Gasteiger partial charge >= 0.3 is 0 Å². The number of anilines is 1. The molecular weight excluding hydrogens is 388 g/mol. The maximum absolute atomic E-state index is 9.96. The van der Waals surface area contributed by atoms with Gasteiger partial charge in [-0.25, -0.2) is 9.97 Å². The lowest BCUT2D eigenvalue weighted by Crippen LogP contribution is -2.46. The van der Waals surface area contributed by atoms with Crippen LogP contribution in [-0.4, -0.2) is 72.7 Å². The Hall–Kier alpha value is -2.95. The first-order valence-electron chi connectivity index (χ1n) is 9.41. The largest absolute Gasteiger partial charge is 0.394 e. The van der Waals surface area contributed by atoms with E-state index in [-0.39, 0.29) is 0 Å². The van der Waals surface area contributed by atoms with E-state index >= 15 is 0 Å². The number of para-hydroxylation sites is 2. The molecule has 1 heterocycles. The highest BCUT2D eigenvalue weighted by Gasteiger charge is 2.29. The number of fused-ring (bicyclic) bond motifs is 1. The molecule has 0 spiro atoms. The molecule has 9 nitrogen and oxygen atoms in total. The first-order valence-corrected chi connectivity index (χ1v) is 9.41. The summed E-state index contributed by atoms with van der Waals surface area (Å²) in [6.07, 6.45) is -5.15. The molecule has 3 aromatic rings. The van der Waals surface area contributed by atoms with Crippen LogP contribution in [0.2, 0.25) is 0 Å². The molecule has 158 valence electrons. The first kappa shape index (κ1) is 21.8. The predicted octanol–water partition coefficient (Wildman–Crippen LogP) is 0.0542. The number of aliphatic hydroxyl groups excluding tert-OH is 5. The van der Waals surface area contributed by atoms with Crippen molar-refractivity contribution in [2.45, 2.75) is 30.8 Å². The lowest BCUT2D eigenvalue weighted by atomic mass is 10.0. The van der Waals surface area contributed by atoms with Crippen LogP contribution >= 0.6 is 0 Å². The molecule has 0 saturated carbocycles. The third-order valence-corrected chi connectivity index (χ3v) is 4.54. The summed E-state index contributed by atoms with van der Waals surface area (Å²) in [6.45, 7) is -0.754. The highest BCUT2D eigenvalue weighted by Crippen LogP contribution is 2.20. The van der Waals surface area contributed by atoms with Crippen LogP contribution in [-0.2, 0) is 6.42 Å². The third kappa shape index (κ3) is 5.35. The Balaban J connectivity index is 1.80. The van der Waals surface area contributed by atoms with Crippen molar-refractivity contribution < 1.29 is 25.5 Å². The first-order chi connectivity index (χ1) is 14.5. The molecule has 0 saturated heterocycles. The lowest BCUT2D eigenvalue weighted by Gasteiger charge is -2.23. The van der Waals surface area contributed by atoms with E-state index in [4.69, 9.17) is 5.11 Å². The Kier molecular flexibility index (Phi) is 7.39. The molecule has 30 heavy (non-hydrogen) atoms. The predicted molar refractivity (Wildman–Crippen MR) is 112 cm³/mol. The fraction of sp³-hybridized carbons (Fsp3) is 0.286. The van der Waals surface area contributed by atoms with Crippen molar-refractivity contribution in [3.8, 4) is 0 Å². The van der Waals surface area contributed by atoms with Crippen molar-refractivity contribution in [1.82, 2.24) is 9.97 Å². The van der Waals surface area contributed by atoms with E-state index in [0.717, 1.165) is 17.3 Å². The summed E-state index contributed by atoms with van der Waals surface area (Å²) in [4.78, 5) is 9.19. The van der Waals surface area contributed by atoms with Crippen LogP contribution in [0.4, 0.5) is 5.82 Å². The van der Waals surface area contributed by atoms with E-state index < -0.39 is 31.0 Å². The maximum atomic E-state index is 9.96. The zero-order valence-corrected chi connectivity index (χ0v) is 16.1. The maximum Gasteiger partial charge on any atom is 0.169 e. The molecule has 4 atom stereocenters. The number of hydrogen-bond donors (Lipinski definition) is 6. The lowest BCUT2D eigenvalue weighted by molar-refractivity contribution is -0.0999. The topological polar surface area (TPSA) is 151 Å². The summed E-state index contributed by atoms with van der Waals surface area (Å²) in [5.41, 5.74) is 5.79. The highest BCUT2D eigenvalue weighted by atomic mass is 16.4. The van der Waals surface area contributed by atoms with Gasteiger partial charge < -0.3 is 25.5 Å². The van der Waals surface area contributed by atoms with Gasteiger partial charge in [0, 0.05) is 6.42 Å². The molecule has 0 bridgehead atoms. The van der Waals surface area contributed by atoms with Gasteiger partial charge in [0.25, 0.3) is 0 Å². The molecule has 0 fully saturated rings. The molecule has 0 aliphatic heterocycles. The van der Waals surface area contributed by atoms with Crippen molar-refractivity contribution in [1.29, 1.82) is 0 Å². The SMILES string of the molecule is OC[C@@H](O)[C@@H](O)[C@H](O)C(O)/C=N/Nc1nc2ccccc2nc1Cc1ccccc1. The van der Waals surface area contributed by atoms with Gasteiger partial charge in [-0.05, 0) is 17.7 Å². The number of aliphatic hydroxyl groups is 5. The average Bonchev–Trinajstić information content (AvgIpc) is 2.78. The van der Waals surface area contributed by atoms with E-state index in [2.05, 4.69) is 20.5 Å². The zero-order chi connectivity index (χ0) is 21.5. The second-order valence-corrected chi connectivity index (χ2v) is 6.78. The fourth-order valence-corrected chi connectivity index (χ4v) is 2.84. The summed E-state index contributed by atoms with van der Waals surface area (Å²) in [7, 11) is 0. The molecule has 0 aliphatic rings. The standard InChI is InChI=1S/C21H24N4O5/c26-12-18(28)20(30)19(29)17(27)11-22-25-21-16(10-13-6-2-1-3-7-13)23-14-8-4-5-9-15(14)24-21/h1-9,11,17-20,26-30H,10,12H2,(H,24,25)/b22-11+/t17?,18-,19-,20-/m1/s1. The second-order valence-electron chi connectivity index (χ2n) is 6.78. The van der Waals surface area contributed by atoms with Gasteiger partial charge in [-0.1, -0.05) is 42.5 Å². The summed E-state index contributed by atoms with van der Waals surface area (Å²) in [6, 6.07) is 17.1. The van der Waals surface area contributed by atoms with Crippen LogP contribution < -0.4 is 5.43 Å². The third-order valence-electron chi connectivity index (χ3n) is 4.54. The van der Waals surface area contributed by atoms with Crippen LogP contribution in [0.1, 0.15) is 11.3 Å². The smallest absolute Gasteiger partial charge is 0.169 e. The number of hydrogen-bond acceptors (Lipinski definition) is 9. The van der Waals surface area contributed by atoms with Gasteiger partial charge in [0.05, 0.1) is 29.5 Å². The summed E-state index contributed by atoms with van der Waals surface area (Å²) < 4.78 is 0. The van der Waals surface area contributed by atoms with Gasteiger partial charge in [-0.3, -0.25) is 5.43 Å². The van der Waals surface area contributed by atoms with Crippen LogP contribution in [0.5, 0.6) is 0 Å². The minimum absolute atomic E-state index is 0.381. The van der Waals surface area contributed by atoms with Gasteiger partial charge in [-0.2, -0.15) is 5.10 Å². The molecule has 9 heteroatoms. The molecule has 6 N–H and O–H groups in total. The summed E-state index contributed by atoms with van der Waals surface area (Å²) in [5, 5.41) is 51.6. The van der Waals surface area contributed by atoms with E-state index in [9.17, 15) is 20.4 Å². The highest BCUT2D eigenvalue weighted by molar-refractivity contribution is 5.76. The van der Waals surface area contributed by atoms with Crippen molar-refractivity contribution >= 4 is 23.1 Å². The van der Waals surface area contributed by atoms with Crippen molar-refractivity contribution in [2.75, 3.05) is 12.0 Å². The van der Waals surface area contributed by atoms with E-state index in [1.54, 1.807) is 0 Å². The zero-order valence-electron chi connectivity index (χ0n) is 16.1. The van der Waals surface area contributed by atoms with Crippen molar-refractivity contribution in [2.24, 2.45) is 5.10 Å². The number of hydrazone groups is 1. The van der Waals surface area contributed by atoms with E-state index in [0.29, 0.717) is 23.4 Å². The van der Waals surface area contributed by atoms with Crippen LogP contribution in [0, 0.1) is 0 Å². The molecule has 0 aliphatic carbocycles. The second kappa shape index (κ2) is 10.2. The molecular formula is C21H24N4O5. The van der Waals surface area contributed by atoms with Gasteiger partial charge in [-0.15, -0.1) is 0 Å². The number of aromatic nitrogens is 2. The summed E-state index contributed by atoms with van der Waals surface area (Å²) in [5.74, 6) is 0.381. The molecule has 0 amide bonds. The van der Waals surface area contributed by atoms with E-state index in [1.807, 2.05) is 54.6 Å². The number of nitrogens with zero attached hydrogens (tertiary/aromatic N) is 3. The minimum Gasteiger partial charge on any atom is -0.394 e. The van der Waals surface area contributed by atoms with Gasteiger partial charge in [0.2, 0.25) is 0 Å². The summed E-state index contributed by atoms with van der Waals surface area (Å²) >= 11 is 0. The Labute approximate surface area is 173 Å². The minimum atomic E-state index is -1.73. The number of rotatable bonds is 9. The van der Waals surface area contributed by atoms with E-state index in [1.165, 1.54) is 0 Å². The Morgan fingerprint density at radius 2 is 1.50 bits per heavy atom. The quantitative estimate of drug-likeness (QED) is 0.213. The fourth-order valence-electron chi connectivity index (χ4n) is 2.84. The Bertz CT molecular complexity index is 986. The molecule has 0 radical (unpaired) electrons. The van der Waals surface area contributed by atoms with Gasteiger partial charge in [0.1, 0.15) is 24.4 Å². The Morgan fingerprint density at radius 1 is 0.867 bits per heavy atom. The van der Waals surface area contributed by atoms with Crippen molar-refractivity contribution in [3.63, 3.8) is 0 Å². The molecule has 1 aromatic heterocycles. The van der Waals surface area contributed by atoms with Crippen LogP contribution in [0.25, 0.3) is 11.0 Å². The van der Waals surface area contributed by atoms with Crippen LogP contribution in [0.3, 0.4) is 0 Å². The van der Waals surface area contributed by atoms with Crippen molar-refractivity contribution in [3.05, 3.63) is 65.9 Å². The Morgan fingerprint density at radius 3 is 2.17 bits per heavy atom. The van der Waals surface area contributed by atoms with Gasteiger partial charge in [0.15, 0.2) is 5.82 Å². The van der Waals surface area contributed by atoms with Crippen LogP contribution in [0.15, 0.2) is 59.7 Å². The number of benzene rings is 2. The normalized spacial score (nSPS) is 15.8. The molecule has 1 unspecified atom stereocenters. The monoisotopic (exact) mass is 412 g/mol. The average molecular weight is 412 g/mol. The molecule has 2 aromatic carbocycles.